The Morgan fingerprint density at radius 1 is 1.12 bits per heavy atom. The second-order valence-electron chi connectivity index (χ2n) is 5.18. The maximum Gasteiger partial charge on any atom is 0.310 e. The van der Waals surface area contributed by atoms with Crippen molar-refractivity contribution in [2.75, 3.05) is 0 Å². The van der Waals surface area contributed by atoms with Crippen LogP contribution in [0.4, 0.5) is 5.69 Å². The summed E-state index contributed by atoms with van der Waals surface area (Å²) in [5.74, 6) is -0.189. The third-order valence-corrected chi connectivity index (χ3v) is 4.27. The maximum absolute atomic E-state index is 12.1. The molecule has 26 heavy (non-hydrogen) atoms. The monoisotopic (exact) mass is 370 g/mol. The summed E-state index contributed by atoms with van der Waals surface area (Å²) in [6, 6.07) is 15.6. The van der Waals surface area contributed by atoms with Gasteiger partial charge < -0.3 is 10.1 Å². The van der Waals surface area contributed by atoms with Crippen LogP contribution in [0.3, 0.4) is 0 Å². The Balaban J connectivity index is 1.58. The number of para-hydroxylation sites is 2. The lowest BCUT2D eigenvalue weighted by molar-refractivity contribution is -0.385. The van der Waals surface area contributed by atoms with Crippen LogP contribution in [0.2, 0.25) is 0 Å². The molecule has 3 rings (SSSR count). The number of nitro benzene ring substituents is 1. The molecule has 1 heterocycles. The van der Waals surface area contributed by atoms with Crippen LogP contribution in [0.5, 0.6) is 5.75 Å². The second-order valence-corrected chi connectivity index (χ2v) is 6.24. The molecule has 0 unspecified atom stereocenters. The molecule has 0 radical (unpaired) electrons. The number of nitro groups is 1. The summed E-state index contributed by atoms with van der Waals surface area (Å²) in [6.45, 7) is 0.385. The molecule has 2 aromatic carbocycles. The van der Waals surface area contributed by atoms with E-state index in [4.69, 9.17) is 4.74 Å². The molecule has 1 aromatic heterocycles. The predicted octanol–water partition coefficient (Wildman–Crippen LogP) is 2.96. The summed E-state index contributed by atoms with van der Waals surface area (Å²) in [7, 11) is 0. The lowest BCUT2D eigenvalue weighted by Gasteiger charge is -2.03. The average Bonchev–Trinajstić information content (AvgIpc) is 3.14. The van der Waals surface area contributed by atoms with E-state index in [1.54, 1.807) is 12.1 Å². The molecular weight excluding hydrogens is 356 g/mol. The number of amides is 1. The first kappa shape index (κ1) is 17.5. The molecule has 1 N–H and O–H groups in total. The van der Waals surface area contributed by atoms with Gasteiger partial charge >= 0.3 is 5.69 Å². The number of ether oxygens (including phenoxy) is 1. The minimum Gasteiger partial charge on any atom is -0.479 e. The van der Waals surface area contributed by atoms with Crippen molar-refractivity contribution in [3.8, 4) is 5.75 Å². The van der Waals surface area contributed by atoms with E-state index in [9.17, 15) is 14.9 Å². The lowest BCUT2D eigenvalue weighted by Crippen LogP contribution is -2.22. The van der Waals surface area contributed by atoms with Gasteiger partial charge in [0.15, 0.2) is 10.8 Å². The number of aromatic nitrogens is 2. The topological polar surface area (TPSA) is 107 Å². The Kier molecular flexibility index (Phi) is 5.49. The number of hydrogen-bond donors (Lipinski definition) is 1. The first-order valence-corrected chi connectivity index (χ1v) is 8.46. The zero-order valence-corrected chi connectivity index (χ0v) is 14.3. The van der Waals surface area contributed by atoms with E-state index < -0.39 is 4.92 Å². The van der Waals surface area contributed by atoms with Gasteiger partial charge in [-0.1, -0.05) is 53.8 Å². The van der Waals surface area contributed by atoms with Gasteiger partial charge in [0.05, 0.1) is 4.92 Å². The van der Waals surface area contributed by atoms with Gasteiger partial charge in [0.25, 0.3) is 5.91 Å². The van der Waals surface area contributed by atoms with Gasteiger partial charge in [-0.15, -0.1) is 10.2 Å². The van der Waals surface area contributed by atoms with E-state index in [2.05, 4.69) is 15.5 Å². The van der Waals surface area contributed by atoms with Crippen LogP contribution in [-0.4, -0.2) is 21.0 Å². The van der Waals surface area contributed by atoms with E-state index >= 15 is 0 Å². The first-order chi connectivity index (χ1) is 12.6. The fourth-order valence-corrected chi connectivity index (χ4v) is 2.80. The Morgan fingerprint density at radius 3 is 2.62 bits per heavy atom. The molecule has 1 amide bonds. The third-order valence-electron chi connectivity index (χ3n) is 3.37. The highest BCUT2D eigenvalue weighted by Crippen LogP contribution is 2.27. The van der Waals surface area contributed by atoms with Crippen molar-refractivity contribution in [3.05, 3.63) is 80.3 Å². The third kappa shape index (κ3) is 4.39. The molecule has 0 saturated carbocycles. The number of hydrogen-bond acceptors (Lipinski definition) is 7. The minimum atomic E-state index is -0.516. The van der Waals surface area contributed by atoms with Crippen LogP contribution in [0.15, 0.2) is 54.6 Å². The summed E-state index contributed by atoms with van der Waals surface area (Å²) in [6.07, 6.45) is 0. The summed E-state index contributed by atoms with van der Waals surface area (Å²) >= 11 is 1.08. The molecule has 0 atom stereocenters. The molecule has 0 bridgehead atoms. The Bertz CT molecular complexity index is 914. The van der Waals surface area contributed by atoms with Gasteiger partial charge in [-0.3, -0.25) is 14.9 Å². The van der Waals surface area contributed by atoms with Crippen LogP contribution >= 0.6 is 11.3 Å². The number of rotatable bonds is 7. The highest BCUT2D eigenvalue weighted by atomic mass is 32.1. The second kappa shape index (κ2) is 8.17. The van der Waals surface area contributed by atoms with Gasteiger partial charge in [0.2, 0.25) is 5.01 Å². The molecule has 0 aliphatic heterocycles. The zero-order valence-electron chi connectivity index (χ0n) is 13.5. The smallest absolute Gasteiger partial charge is 0.310 e. The fraction of sp³-hybridized carbons (Fsp3) is 0.118. The molecule has 0 saturated heterocycles. The minimum absolute atomic E-state index is 0.00547. The van der Waals surface area contributed by atoms with Crippen LogP contribution < -0.4 is 10.1 Å². The highest BCUT2D eigenvalue weighted by molar-refractivity contribution is 7.13. The van der Waals surface area contributed by atoms with Gasteiger partial charge in [-0.2, -0.15) is 0 Å². The lowest BCUT2D eigenvalue weighted by atomic mass is 10.2. The largest absolute Gasteiger partial charge is 0.479 e. The molecule has 0 fully saturated rings. The zero-order chi connectivity index (χ0) is 18.4. The van der Waals surface area contributed by atoms with Crippen molar-refractivity contribution < 1.29 is 14.5 Å². The van der Waals surface area contributed by atoms with Gasteiger partial charge in [0, 0.05) is 12.6 Å². The van der Waals surface area contributed by atoms with Crippen LogP contribution in [0, 0.1) is 10.1 Å². The van der Waals surface area contributed by atoms with E-state index in [0.29, 0.717) is 11.6 Å². The van der Waals surface area contributed by atoms with E-state index in [-0.39, 0.29) is 29.0 Å². The van der Waals surface area contributed by atoms with Crippen LogP contribution in [0.1, 0.15) is 20.4 Å². The van der Waals surface area contributed by atoms with E-state index in [1.165, 1.54) is 12.1 Å². The van der Waals surface area contributed by atoms with Gasteiger partial charge in [0.1, 0.15) is 6.61 Å². The molecule has 0 aliphatic rings. The van der Waals surface area contributed by atoms with Crippen molar-refractivity contribution in [3.63, 3.8) is 0 Å². The standard InChI is InChI=1S/C17H14N4O4S/c22-16(18-10-12-6-2-1-3-7-12)17-20-19-15(26-17)11-25-14-9-5-4-8-13(14)21(23)24/h1-9H,10-11H2,(H,18,22). The molecule has 132 valence electrons. The van der Waals surface area contributed by atoms with Crippen molar-refractivity contribution in [1.29, 1.82) is 0 Å². The summed E-state index contributed by atoms with van der Waals surface area (Å²) in [5, 5.41) is 22.1. The predicted molar refractivity (Wildman–Crippen MR) is 94.9 cm³/mol. The van der Waals surface area contributed by atoms with Gasteiger partial charge in [-0.05, 0) is 11.6 Å². The average molecular weight is 370 g/mol. The number of nitrogens with zero attached hydrogens (tertiary/aromatic N) is 3. The summed E-state index contributed by atoms with van der Waals surface area (Å²) in [4.78, 5) is 22.6. The molecule has 0 aliphatic carbocycles. The Hall–Kier alpha value is -3.33. The SMILES string of the molecule is O=C(NCc1ccccc1)c1nnc(COc2ccccc2[N+](=O)[O-])s1. The van der Waals surface area contributed by atoms with Gasteiger partial charge in [-0.25, -0.2) is 0 Å². The number of nitrogens with one attached hydrogen (secondary N) is 1. The van der Waals surface area contributed by atoms with Crippen molar-refractivity contribution in [1.82, 2.24) is 15.5 Å². The number of carbonyl (C=O) groups is 1. The normalized spacial score (nSPS) is 10.3. The molecule has 9 heteroatoms. The Labute approximate surface area is 152 Å². The molecule has 8 nitrogen and oxygen atoms in total. The summed E-state index contributed by atoms with van der Waals surface area (Å²) < 4.78 is 5.44. The maximum atomic E-state index is 12.1. The van der Waals surface area contributed by atoms with E-state index in [1.807, 2.05) is 30.3 Å². The first-order valence-electron chi connectivity index (χ1n) is 7.64. The summed E-state index contributed by atoms with van der Waals surface area (Å²) in [5.41, 5.74) is 0.850. The van der Waals surface area contributed by atoms with Crippen LogP contribution in [-0.2, 0) is 13.2 Å². The fourth-order valence-electron chi connectivity index (χ4n) is 2.13. The number of benzene rings is 2. The number of carbonyl (C=O) groups excluding carboxylic acids is 1. The van der Waals surface area contributed by atoms with Crippen molar-refractivity contribution in [2.24, 2.45) is 0 Å². The van der Waals surface area contributed by atoms with Crippen molar-refractivity contribution >= 4 is 22.9 Å². The van der Waals surface area contributed by atoms with E-state index in [0.717, 1.165) is 16.9 Å². The molecule has 3 aromatic rings. The highest BCUT2D eigenvalue weighted by Gasteiger charge is 2.16. The van der Waals surface area contributed by atoms with Crippen LogP contribution in [0.25, 0.3) is 0 Å². The van der Waals surface area contributed by atoms with Crippen molar-refractivity contribution in [2.45, 2.75) is 13.2 Å². The molecule has 0 spiro atoms. The Morgan fingerprint density at radius 2 is 1.85 bits per heavy atom. The molecular formula is C17H14N4O4S. The quantitative estimate of drug-likeness (QED) is 0.506.